The SMILES string of the molecule is CC(C)(C)[S@@+]([O-])NCC#Cc1cccc(Br)c1. The second kappa shape index (κ2) is 6.46. The maximum atomic E-state index is 11.7. The molecule has 92 valence electrons. The third-order valence-electron chi connectivity index (χ3n) is 1.91. The van der Waals surface area contributed by atoms with Gasteiger partial charge in [-0.15, -0.1) is 4.72 Å². The number of benzene rings is 1. The first kappa shape index (κ1) is 14.6. The minimum atomic E-state index is -1.06. The highest BCUT2D eigenvalue weighted by atomic mass is 79.9. The van der Waals surface area contributed by atoms with Gasteiger partial charge < -0.3 is 4.55 Å². The Morgan fingerprint density at radius 3 is 2.71 bits per heavy atom. The van der Waals surface area contributed by atoms with Crippen molar-refractivity contribution in [2.45, 2.75) is 25.5 Å². The molecule has 0 unspecified atom stereocenters. The van der Waals surface area contributed by atoms with Gasteiger partial charge in [0, 0.05) is 21.4 Å². The second-order valence-corrected chi connectivity index (χ2v) is 7.48. The molecular weight excluding hydrogens is 298 g/mol. The Morgan fingerprint density at radius 2 is 2.12 bits per heavy atom. The van der Waals surface area contributed by atoms with Crippen molar-refractivity contribution in [2.75, 3.05) is 6.54 Å². The highest BCUT2D eigenvalue weighted by Crippen LogP contribution is 2.12. The van der Waals surface area contributed by atoms with Gasteiger partial charge in [0.1, 0.15) is 11.3 Å². The zero-order chi connectivity index (χ0) is 12.9. The first-order chi connectivity index (χ1) is 7.89. The van der Waals surface area contributed by atoms with Gasteiger partial charge in [0.2, 0.25) is 0 Å². The van der Waals surface area contributed by atoms with E-state index in [0.717, 1.165) is 10.0 Å². The minimum absolute atomic E-state index is 0.253. The van der Waals surface area contributed by atoms with Crippen LogP contribution in [0.15, 0.2) is 28.7 Å². The van der Waals surface area contributed by atoms with Crippen molar-refractivity contribution in [1.29, 1.82) is 0 Å². The molecular formula is C13H16BrNOS. The van der Waals surface area contributed by atoms with E-state index < -0.39 is 11.4 Å². The summed E-state index contributed by atoms with van der Waals surface area (Å²) in [6.07, 6.45) is 0. The summed E-state index contributed by atoms with van der Waals surface area (Å²) in [4.78, 5) is 0. The summed E-state index contributed by atoms with van der Waals surface area (Å²) < 4.78 is 15.3. The monoisotopic (exact) mass is 313 g/mol. The van der Waals surface area contributed by atoms with Gasteiger partial charge in [0.15, 0.2) is 0 Å². The molecule has 0 fully saturated rings. The number of hydrogen-bond donors (Lipinski definition) is 1. The van der Waals surface area contributed by atoms with Crippen LogP contribution in [0, 0.1) is 11.8 Å². The normalized spacial score (nSPS) is 12.8. The standard InChI is InChI=1S/C13H16BrNOS/c1-13(2,3)17(16)15-9-5-7-11-6-4-8-12(14)10-11/h4,6,8,10,15H,9H2,1-3H3/t17-/m1/s1. The molecule has 17 heavy (non-hydrogen) atoms. The summed E-state index contributed by atoms with van der Waals surface area (Å²) in [7, 11) is 0. The molecule has 0 saturated heterocycles. The van der Waals surface area contributed by atoms with E-state index in [4.69, 9.17) is 0 Å². The van der Waals surface area contributed by atoms with Crippen LogP contribution in [0.3, 0.4) is 0 Å². The van der Waals surface area contributed by atoms with E-state index in [1.54, 1.807) is 0 Å². The van der Waals surface area contributed by atoms with Crippen LogP contribution in [0.5, 0.6) is 0 Å². The van der Waals surface area contributed by atoms with Crippen molar-refractivity contribution in [3.8, 4) is 11.8 Å². The summed E-state index contributed by atoms with van der Waals surface area (Å²) in [6.45, 7) is 6.21. The Morgan fingerprint density at radius 1 is 1.41 bits per heavy atom. The van der Waals surface area contributed by atoms with Crippen LogP contribution in [0.25, 0.3) is 0 Å². The van der Waals surface area contributed by atoms with Gasteiger partial charge in [-0.2, -0.15) is 0 Å². The van der Waals surface area contributed by atoms with Crippen molar-refractivity contribution in [1.82, 2.24) is 4.72 Å². The number of rotatable bonds is 2. The molecule has 0 heterocycles. The predicted molar refractivity (Wildman–Crippen MR) is 76.9 cm³/mol. The van der Waals surface area contributed by atoms with E-state index in [0.29, 0.717) is 6.54 Å². The lowest BCUT2D eigenvalue weighted by atomic mass is 10.2. The summed E-state index contributed by atoms with van der Waals surface area (Å²) in [5.74, 6) is 5.97. The average Bonchev–Trinajstić information content (AvgIpc) is 2.23. The Kier molecular flexibility index (Phi) is 5.54. The molecule has 2 nitrogen and oxygen atoms in total. The second-order valence-electron chi connectivity index (χ2n) is 4.51. The molecule has 0 aromatic heterocycles. The highest BCUT2D eigenvalue weighted by Gasteiger charge is 2.25. The molecule has 0 bridgehead atoms. The molecule has 0 aliphatic carbocycles. The molecule has 1 atom stereocenters. The fraction of sp³-hybridized carbons (Fsp3) is 0.385. The quantitative estimate of drug-likeness (QED) is 0.673. The lowest BCUT2D eigenvalue weighted by Crippen LogP contribution is -2.39. The molecule has 0 radical (unpaired) electrons. The van der Waals surface area contributed by atoms with Crippen LogP contribution in [0.4, 0.5) is 0 Å². The summed E-state index contributed by atoms with van der Waals surface area (Å²) >= 11 is 2.33. The minimum Gasteiger partial charge on any atom is -0.598 e. The van der Waals surface area contributed by atoms with Crippen LogP contribution in [0.2, 0.25) is 0 Å². The van der Waals surface area contributed by atoms with Crippen molar-refractivity contribution in [3.63, 3.8) is 0 Å². The number of nitrogens with one attached hydrogen (secondary N) is 1. The van der Waals surface area contributed by atoms with Crippen molar-refractivity contribution >= 4 is 27.3 Å². The Balaban J connectivity index is 2.47. The molecule has 0 aliphatic heterocycles. The van der Waals surface area contributed by atoms with E-state index in [-0.39, 0.29) is 4.75 Å². The van der Waals surface area contributed by atoms with E-state index in [9.17, 15) is 4.55 Å². The van der Waals surface area contributed by atoms with Crippen molar-refractivity contribution in [2.24, 2.45) is 0 Å². The summed E-state index contributed by atoms with van der Waals surface area (Å²) in [6, 6.07) is 7.79. The largest absolute Gasteiger partial charge is 0.598 e. The fourth-order valence-corrected chi connectivity index (χ4v) is 2.07. The van der Waals surface area contributed by atoms with Gasteiger partial charge in [-0.1, -0.05) is 33.8 Å². The molecule has 4 heteroatoms. The van der Waals surface area contributed by atoms with E-state index >= 15 is 0 Å². The molecule has 0 amide bonds. The van der Waals surface area contributed by atoms with Gasteiger partial charge in [0.25, 0.3) is 0 Å². The maximum Gasteiger partial charge on any atom is 0.136 e. The van der Waals surface area contributed by atoms with Crippen LogP contribution in [-0.4, -0.2) is 15.8 Å². The molecule has 0 aliphatic rings. The van der Waals surface area contributed by atoms with Crippen molar-refractivity contribution in [3.05, 3.63) is 34.3 Å². The average molecular weight is 314 g/mol. The third-order valence-corrected chi connectivity index (χ3v) is 3.92. The fourth-order valence-electron chi connectivity index (χ4n) is 1.03. The predicted octanol–water partition coefficient (Wildman–Crippen LogP) is 2.85. The zero-order valence-corrected chi connectivity index (χ0v) is 12.6. The zero-order valence-electron chi connectivity index (χ0n) is 10.2. The molecule has 1 rings (SSSR count). The van der Waals surface area contributed by atoms with Crippen LogP contribution < -0.4 is 4.72 Å². The van der Waals surface area contributed by atoms with Gasteiger partial charge >= 0.3 is 0 Å². The van der Waals surface area contributed by atoms with Gasteiger partial charge in [-0.05, 0) is 39.0 Å². The number of halogens is 1. The first-order valence-electron chi connectivity index (χ1n) is 5.29. The summed E-state index contributed by atoms with van der Waals surface area (Å²) in [5, 5.41) is 0. The molecule has 0 saturated carbocycles. The van der Waals surface area contributed by atoms with Crippen LogP contribution in [0.1, 0.15) is 26.3 Å². The lowest BCUT2D eigenvalue weighted by Gasteiger charge is -2.22. The van der Waals surface area contributed by atoms with E-state index in [1.807, 2.05) is 45.0 Å². The lowest BCUT2D eigenvalue weighted by molar-refractivity contribution is 0.548. The molecule has 0 spiro atoms. The van der Waals surface area contributed by atoms with Crippen LogP contribution >= 0.6 is 15.9 Å². The molecule has 1 N–H and O–H groups in total. The summed E-state index contributed by atoms with van der Waals surface area (Å²) in [5.41, 5.74) is 0.947. The Labute approximate surface area is 115 Å². The van der Waals surface area contributed by atoms with Gasteiger partial charge in [0.05, 0.1) is 0 Å². The first-order valence-corrected chi connectivity index (χ1v) is 7.24. The van der Waals surface area contributed by atoms with Gasteiger partial charge in [-0.3, -0.25) is 0 Å². The Bertz CT molecular complexity index is 431. The Hall–Kier alpha value is -0.470. The highest BCUT2D eigenvalue weighted by molar-refractivity contribution is 9.10. The molecule has 1 aromatic rings. The van der Waals surface area contributed by atoms with Crippen molar-refractivity contribution < 1.29 is 4.55 Å². The topological polar surface area (TPSA) is 35.1 Å². The van der Waals surface area contributed by atoms with Gasteiger partial charge in [-0.25, -0.2) is 0 Å². The van der Waals surface area contributed by atoms with E-state index in [2.05, 4.69) is 32.5 Å². The maximum absolute atomic E-state index is 11.7. The smallest absolute Gasteiger partial charge is 0.136 e. The molecule has 1 aromatic carbocycles. The number of hydrogen-bond acceptors (Lipinski definition) is 2. The third kappa shape index (κ3) is 5.60. The van der Waals surface area contributed by atoms with Crippen LogP contribution in [-0.2, 0) is 11.4 Å². The van der Waals surface area contributed by atoms with E-state index in [1.165, 1.54) is 0 Å².